The van der Waals surface area contributed by atoms with Crippen LogP contribution < -0.4 is 10.1 Å². The first-order chi connectivity index (χ1) is 16.0. The lowest BCUT2D eigenvalue weighted by atomic mass is 9.95. The molecule has 2 amide bonds. The maximum atomic E-state index is 13.1. The van der Waals surface area contributed by atoms with E-state index in [9.17, 15) is 14.0 Å². The van der Waals surface area contributed by atoms with Gasteiger partial charge in [0, 0.05) is 42.2 Å². The minimum absolute atomic E-state index is 0.0419. The van der Waals surface area contributed by atoms with Gasteiger partial charge >= 0.3 is 0 Å². The van der Waals surface area contributed by atoms with Crippen LogP contribution in [0.25, 0.3) is 0 Å². The Morgan fingerprint density at radius 2 is 1.70 bits per heavy atom. The van der Waals surface area contributed by atoms with Gasteiger partial charge in [0.1, 0.15) is 11.6 Å². The number of likely N-dealkylation sites (tertiary alicyclic amines) is 1. The number of nitrogens with zero attached hydrogens (tertiary/aromatic N) is 1. The van der Waals surface area contributed by atoms with E-state index in [1.807, 2.05) is 36.4 Å². The molecule has 3 aromatic rings. The van der Waals surface area contributed by atoms with Gasteiger partial charge in [-0.15, -0.1) is 0 Å². The molecule has 0 aromatic heterocycles. The highest BCUT2D eigenvalue weighted by molar-refractivity contribution is 5.95. The maximum Gasteiger partial charge on any atom is 0.253 e. The van der Waals surface area contributed by atoms with E-state index in [1.54, 1.807) is 12.0 Å². The van der Waals surface area contributed by atoms with Crippen molar-refractivity contribution in [3.63, 3.8) is 0 Å². The van der Waals surface area contributed by atoms with E-state index in [1.165, 1.54) is 24.3 Å². The van der Waals surface area contributed by atoms with Gasteiger partial charge in [-0.3, -0.25) is 9.59 Å². The Balaban J connectivity index is 1.36. The summed E-state index contributed by atoms with van der Waals surface area (Å²) in [4.78, 5) is 27.2. The zero-order chi connectivity index (χ0) is 23.2. The maximum absolute atomic E-state index is 13.1. The number of anilines is 1. The molecule has 0 radical (unpaired) electrons. The molecule has 1 heterocycles. The minimum atomic E-state index is -0.368. The Bertz CT molecular complexity index is 1110. The van der Waals surface area contributed by atoms with Gasteiger partial charge in [-0.2, -0.15) is 0 Å². The predicted octanol–water partition coefficient (Wildman–Crippen LogP) is 4.92. The standard InChI is InChI=1S/C27H27FN2O3/c1-33-25-12-11-24(18-22(25)17-19-5-3-2-4-6-19)29-26(31)20-13-15-30(16-14-20)27(32)21-7-9-23(28)10-8-21/h2-12,18,20H,13-17H2,1H3,(H,29,31). The van der Waals surface area contributed by atoms with E-state index < -0.39 is 0 Å². The Morgan fingerprint density at radius 1 is 1.00 bits per heavy atom. The van der Waals surface area contributed by atoms with Gasteiger partial charge in [0.25, 0.3) is 5.91 Å². The molecular formula is C27H27FN2O3. The smallest absolute Gasteiger partial charge is 0.253 e. The number of methoxy groups -OCH3 is 1. The molecule has 1 saturated heterocycles. The van der Waals surface area contributed by atoms with Crippen molar-refractivity contribution < 1.29 is 18.7 Å². The van der Waals surface area contributed by atoms with Gasteiger partial charge in [0.2, 0.25) is 5.91 Å². The second-order valence-electron chi connectivity index (χ2n) is 8.25. The quantitative estimate of drug-likeness (QED) is 0.585. The van der Waals surface area contributed by atoms with E-state index >= 15 is 0 Å². The number of piperidine rings is 1. The van der Waals surface area contributed by atoms with Crippen molar-refractivity contribution in [3.8, 4) is 5.75 Å². The summed E-state index contributed by atoms with van der Waals surface area (Å²) in [5.74, 6) is 0.0769. The number of hydrogen-bond acceptors (Lipinski definition) is 3. The van der Waals surface area contributed by atoms with Crippen LogP contribution in [0, 0.1) is 11.7 Å². The zero-order valence-electron chi connectivity index (χ0n) is 18.6. The molecule has 1 N–H and O–H groups in total. The van der Waals surface area contributed by atoms with Crippen molar-refractivity contribution in [2.45, 2.75) is 19.3 Å². The Hall–Kier alpha value is -3.67. The van der Waals surface area contributed by atoms with Crippen molar-refractivity contribution in [1.82, 2.24) is 4.90 Å². The molecule has 0 spiro atoms. The summed E-state index contributed by atoms with van der Waals surface area (Å²) in [6, 6.07) is 21.3. The molecule has 0 unspecified atom stereocenters. The van der Waals surface area contributed by atoms with Crippen LogP contribution in [0.3, 0.4) is 0 Å². The summed E-state index contributed by atoms with van der Waals surface area (Å²) in [6.07, 6.45) is 1.88. The molecule has 0 bridgehead atoms. The monoisotopic (exact) mass is 446 g/mol. The third-order valence-corrected chi connectivity index (χ3v) is 6.03. The van der Waals surface area contributed by atoms with Crippen LogP contribution in [-0.2, 0) is 11.2 Å². The fourth-order valence-corrected chi connectivity index (χ4v) is 4.17. The first-order valence-corrected chi connectivity index (χ1v) is 11.1. The number of nitrogens with one attached hydrogen (secondary N) is 1. The van der Waals surface area contributed by atoms with Crippen LogP contribution in [0.1, 0.15) is 34.3 Å². The zero-order valence-corrected chi connectivity index (χ0v) is 18.6. The molecule has 6 heteroatoms. The lowest BCUT2D eigenvalue weighted by Crippen LogP contribution is -2.41. The van der Waals surface area contributed by atoms with Crippen molar-refractivity contribution in [1.29, 1.82) is 0 Å². The highest BCUT2D eigenvalue weighted by atomic mass is 19.1. The van der Waals surface area contributed by atoms with Crippen LogP contribution in [0.4, 0.5) is 10.1 Å². The largest absolute Gasteiger partial charge is 0.496 e. The second-order valence-corrected chi connectivity index (χ2v) is 8.25. The molecule has 0 atom stereocenters. The van der Waals surface area contributed by atoms with Crippen molar-refractivity contribution in [2.75, 3.05) is 25.5 Å². The summed E-state index contributed by atoms with van der Waals surface area (Å²) in [5.41, 5.74) is 3.36. The molecule has 1 aliphatic heterocycles. The van der Waals surface area contributed by atoms with Crippen molar-refractivity contribution in [3.05, 3.63) is 95.3 Å². The lowest BCUT2D eigenvalue weighted by molar-refractivity contribution is -0.121. The average Bonchev–Trinajstić information content (AvgIpc) is 2.85. The van der Waals surface area contributed by atoms with E-state index in [4.69, 9.17) is 4.74 Å². The Labute approximate surface area is 193 Å². The molecule has 0 saturated carbocycles. The number of ether oxygens (including phenoxy) is 1. The van der Waals surface area contributed by atoms with Gasteiger partial charge < -0.3 is 15.0 Å². The highest BCUT2D eigenvalue weighted by Crippen LogP contribution is 2.27. The van der Waals surface area contributed by atoms with E-state index in [-0.39, 0.29) is 23.5 Å². The fourth-order valence-electron chi connectivity index (χ4n) is 4.17. The van der Waals surface area contributed by atoms with Gasteiger partial charge in [-0.1, -0.05) is 30.3 Å². The van der Waals surface area contributed by atoms with Gasteiger partial charge in [-0.05, 0) is 60.9 Å². The predicted molar refractivity (Wildman–Crippen MR) is 126 cm³/mol. The SMILES string of the molecule is COc1ccc(NC(=O)C2CCN(C(=O)c3ccc(F)cc3)CC2)cc1Cc1ccccc1. The van der Waals surface area contributed by atoms with Crippen LogP contribution in [0.5, 0.6) is 5.75 Å². The summed E-state index contributed by atoms with van der Waals surface area (Å²) < 4.78 is 18.6. The molecule has 33 heavy (non-hydrogen) atoms. The number of rotatable bonds is 6. The number of carbonyl (C=O) groups is 2. The summed E-state index contributed by atoms with van der Waals surface area (Å²) in [7, 11) is 1.64. The molecule has 170 valence electrons. The minimum Gasteiger partial charge on any atom is -0.496 e. The van der Waals surface area contributed by atoms with E-state index in [2.05, 4.69) is 17.4 Å². The molecule has 1 aliphatic rings. The molecule has 3 aromatic carbocycles. The first-order valence-electron chi connectivity index (χ1n) is 11.1. The normalized spacial score (nSPS) is 14.1. The van der Waals surface area contributed by atoms with E-state index in [0.717, 1.165) is 22.6 Å². The third kappa shape index (κ3) is 5.58. The summed E-state index contributed by atoms with van der Waals surface area (Å²) >= 11 is 0. The molecule has 0 aliphatic carbocycles. The number of halogens is 1. The Kier molecular flexibility index (Phi) is 7.03. The first kappa shape index (κ1) is 22.5. The van der Waals surface area contributed by atoms with Gasteiger partial charge in [-0.25, -0.2) is 4.39 Å². The highest BCUT2D eigenvalue weighted by Gasteiger charge is 2.28. The third-order valence-electron chi connectivity index (χ3n) is 6.03. The second kappa shape index (κ2) is 10.3. The van der Waals surface area contributed by atoms with Crippen LogP contribution in [0.2, 0.25) is 0 Å². The lowest BCUT2D eigenvalue weighted by Gasteiger charge is -2.31. The fraction of sp³-hybridized carbons (Fsp3) is 0.259. The molecule has 5 nitrogen and oxygen atoms in total. The molecular weight excluding hydrogens is 419 g/mol. The summed E-state index contributed by atoms with van der Waals surface area (Å²) in [6.45, 7) is 0.992. The van der Waals surface area contributed by atoms with E-state index in [0.29, 0.717) is 37.9 Å². The number of carbonyl (C=O) groups excluding carboxylic acids is 2. The number of benzene rings is 3. The van der Waals surface area contributed by atoms with Crippen LogP contribution in [-0.4, -0.2) is 36.9 Å². The summed E-state index contributed by atoms with van der Waals surface area (Å²) in [5, 5.41) is 3.03. The molecule has 1 fully saturated rings. The van der Waals surface area contributed by atoms with Crippen LogP contribution >= 0.6 is 0 Å². The number of hydrogen-bond donors (Lipinski definition) is 1. The van der Waals surface area contributed by atoms with Crippen molar-refractivity contribution >= 4 is 17.5 Å². The van der Waals surface area contributed by atoms with Crippen molar-refractivity contribution in [2.24, 2.45) is 5.92 Å². The van der Waals surface area contributed by atoms with Gasteiger partial charge in [0.05, 0.1) is 7.11 Å². The Morgan fingerprint density at radius 3 is 2.36 bits per heavy atom. The van der Waals surface area contributed by atoms with Crippen LogP contribution in [0.15, 0.2) is 72.8 Å². The number of amides is 2. The topological polar surface area (TPSA) is 58.6 Å². The average molecular weight is 447 g/mol. The molecule has 4 rings (SSSR count). The van der Waals surface area contributed by atoms with Gasteiger partial charge in [0.15, 0.2) is 0 Å².